The summed E-state index contributed by atoms with van der Waals surface area (Å²) >= 11 is 0. The Morgan fingerprint density at radius 2 is 1.86 bits per heavy atom. The van der Waals surface area contributed by atoms with Crippen LogP contribution in [0.3, 0.4) is 0 Å². The van der Waals surface area contributed by atoms with Crippen molar-refractivity contribution in [1.29, 1.82) is 0 Å². The summed E-state index contributed by atoms with van der Waals surface area (Å²) in [5, 5.41) is 10.9. The van der Waals surface area contributed by atoms with E-state index in [1.165, 1.54) is 7.11 Å². The molecule has 2 heterocycles. The van der Waals surface area contributed by atoms with E-state index in [1.807, 2.05) is 0 Å². The molecule has 4 rings (SSSR count). The van der Waals surface area contributed by atoms with E-state index in [-0.39, 0.29) is 18.1 Å². The molecule has 1 N–H and O–H groups in total. The van der Waals surface area contributed by atoms with E-state index in [1.54, 1.807) is 48.5 Å². The molecule has 1 fully saturated rings. The summed E-state index contributed by atoms with van der Waals surface area (Å²) in [6.07, 6.45) is 0. The number of carbonyl (C=O) groups excluding carboxylic acids is 3. The molecule has 0 radical (unpaired) electrons. The number of ketones is 1. The molecule has 29 heavy (non-hydrogen) atoms. The van der Waals surface area contributed by atoms with Crippen molar-refractivity contribution in [3.63, 3.8) is 0 Å². The molecule has 8 heteroatoms. The van der Waals surface area contributed by atoms with Crippen LogP contribution in [0.5, 0.6) is 11.5 Å². The van der Waals surface area contributed by atoms with Gasteiger partial charge in [-0.15, -0.1) is 0 Å². The second-order valence-electron chi connectivity index (χ2n) is 6.48. The minimum atomic E-state index is -0.983. The number of benzene rings is 2. The molecule has 2 aliphatic heterocycles. The van der Waals surface area contributed by atoms with Gasteiger partial charge in [0.15, 0.2) is 11.5 Å². The highest BCUT2D eigenvalue weighted by atomic mass is 16.7. The van der Waals surface area contributed by atoms with Crippen LogP contribution in [0, 0.1) is 0 Å². The fourth-order valence-electron chi connectivity index (χ4n) is 3.43. The zero-order valence-electron chi connectivity index (χ0n) is 15.5. The lowest BCUT2D eigenvalue weighted by atomic mass is 9.95. The Morgan fingerprint density at radius 3 is 2.59 bits per heavy atom. The molecular weight excluding hydrogens is 378 g/mol. The Morgan fingerprint density at radius 1 is 1.14 bits per heavy atom. The Balaban J connectivity index is 1.87. The number of aliphatic hydroxyl groups excluding tert-OH is 1. The highest BCUT2D eigenvalue weighted by Gasteiger charge is 2.47. The molecule has 2 aromatic carbocycles. The van der Waals surface area contributed by atoms with Crippen molar-refractivity contribution in [2.24, 2.45) is 0 Å². The van der Waals surface area contributed by atoms with Crippen molar-refractivity contribution in [2.45, 2.75) is 6.04 Å². The van der Waals surface area contributed by atoms with Crippen molar-refractivity contribution in [1.82, 2.24) is 4.90 Å². The lowest BCUT2D eigenvalue weighted by Crippen LogP contribution is -2.35. The van der Waals surface area contributed by atoms with Crippen LogP contribution in [0.4, 0.5) is 0 Å². The summed E-state index contributed by atoms with van der Waals surface area (Å²) in [6, 6.07) is 12.4. The number of amides is 1. The van der Waals surface area contributed by atoms with Gasteiger partial charge < -0.3 is 24.2 Å². The fourth-order valence-corrected chi connectivity index (χ4v) is 3.43. The Hall–Kier alpha value is -3.81. The topological polar surface area (TPSA) is 102 Å². The molecule has 0 bridgehead atoms. The molecule has 1 amide bonds. The second-order valence-corrected chi connectivity index (χ2v) is 6.48. The van der Waals surface area contributed by atoms with Crippen LogP contribution in [0.2, 0.25) is 0 Å². The lowest BCUT2D eigenvalue weighted by molar-refractivity contribution is -0.148. The van der Waals surface area contributed by atoms with Gasteiger partial charge in [0.2, 0.25) is 6.79 Å². The van der Waals surface area contributed by atoms with Crippen LogP contribution in [-0.2, 0) is 19.1 Å². The van der Waals surface area contributed by atoms with Crippen LogP contribution in [0.25, 0.3) is 5.76 Å². The maximum atomic E-state index is 12.8. The summed E-state index contributed by atoms with van der Waals surface area (Å²) in [5.41, 5.74) is 0.771. The number of likely N-dealkylation sites (tertiary alicyclic amines) is 1. The Kier molecular flexibility index (Phi) is 4.67. The van der Waals surface area contributed by atoms with E-state index in [2.05, 4.69) is 4.74 Å². The maximum absolute atomic E-state index is 12.8. The molecule has 2 aromatic rings. The van der Waals surface area contributed by atoms with Gasteiger partial charge in [-0.2, -0.15) is 0 Å². The maximum Gasteiger partial charge on any atom is 0.325 e. The largest absolute Gasteiger partial charge is 0.507 e. The first-order chi connectivity index (χ1) is 14.0. The zero-order chi connectivity index (χ0) is 20.5. The molecule has 0 saturated carbocycles. The Bertz CT molecular complexity index is 1030. The average Bonchev–Trinajstić information content (AvgIpc) is 3.31. The van der Waals surface area contributed by atoms with Crippen LogP contribution in [0.1, 0.15) is 17.2 Å². The minimum absolute atomic E-state index is 0.0607. The van der Waals surface area contributed by atoms with Gasteiger partial charge in [-0.3, -0.25) is 14.4 Å². The zero-order valence-corrected chi connectivity index (χ0v) is 15.5. The number of aliphatic hydroxyl groups is 1. The van der Waals surface area contributed by atoms with E-state index in [0.29, 0.717) is 22.6 Å². The van der Waals surface area contributed by atoms with Crippen molar-refractivity contribution in [2.75, 3.05) is 20.4 Å². The first kappa shape index (κ1) is 18.5. The van der Waals surface area contributed by atoms with Crippen molar-refractivity contribution in [3.8, 4) is 11.5 Å². The number of methoxy groups -OCH3 is 1. The number of fused-ring (bicyclic) bond motifs is 1. The third kappa shape index (κ3) is 3.18. The number of Topliss-reactive ketones (excluding diaryl/α,β-unsaturated/α-hetero) is 1. The molecule has 1 atom stereocenters. The first-order valence-electron chi connectivity index (χ1n) is 8.81. The van der Waals surface area contributed by atoms with Gasteiger partial charge in [-0.05, 0) is 17.7 Å². The van der Waals surface area contributed by atoms with E-state index in [0.717, 1.165) is 4.90 Å². The van der Waals surface area contributed by atoms with E-state index in [4.69, 9.17) is 9.47 Å². The molecule has 0 spiro atoms. The molecule has 2 aliphatic rings. The van der Waals surface area contributed by atoms with Crippen molar-refractivity contribution < 1.29 is 33.7 Å². The molecule has 0 aromatic heterocycles. The number of rotatable bonds is 4. The fraction of sp³-hybridized carbons (Fsp3) is 0.190. The second kappa shape index (κ2) is 7.31. The van der Waals surface area contributed by atoms with Gasteiger partial charge in [0.1, 0.15) is 12.3 Å². The Labute approximate surface area is 165 Å². The smallest absolute Gasteiger partial charge is 0.325 e. The number of nitrogens with zero attached hydrogens (tertiary/aromatic N) is 1. The van der Waals surface area contributed by atoms with Gasteiger partial charge in [-0.25, -0.2) is 0 Å². The lowest BCUT2D eigenvalue weighted by Gasteiger charge is -2.24. The molecular formula is C21H17NO7. The average molecular weight is 395 g/mol. The number of esters is 1. The SMILES string of the molecule is COC(=O)CN1C(=O)C(=O)/C(=C(\O)c2ccccc2)C1c1ccc2c(c1)OCO2. The highest BCUT2D eigenvalue weighted by Crippen LogP contribution is 2.42. The van der Waals surface area contributed by atoms with E-state index < -0.39 is 30.2 Å². The van der Waals surface area contributed by atoms with E-state index in [9.17, 15) is 19.5 Å². The van der Waals surface area contributed by atoms with Gasteiger partial charge >= 0.3 is 5.97 Å². The van der Waals surface area contributed by atoms with Crippen LogP contribution in [-0.4, -0.2) is 48.1 Å². The summed E-state index contributed by atoms with van der Waals surface area (Å²) in [6.45, 7) is -0.378. The van der Waals surface area contributed by atoms with Gasteiger partial charge in [0.25, 0.3) is 11.7 Å². The number of hydrogen-bond acceptors (Lipinski definition) is 7. The summed E-state index contributed by atoms with van der Waals surface area (Å²) < 4.78 is 15.4. The summed E-state index contributed by atoms with van der Waals surface area (Å²) in [5.74, 6) is -1.79. The first-order valence-corrected chi connectivity index (χ1v) is 8.81. The monoisotopic (exact) mass is 395 g/mol. The van der Waals surface area contributed by atoms with Crippen molar-refractivity contribution >= 4 is 23.4 Å². The van der Waals surface area contributed by atoms with Gasteiger partial charge in [0, 0.05) is 5.56 Å². The normalized spacial score (nSPS) is 19.5. The summed E-state index contributed by atoms with van der Waals surface area (Å²) in [7, 11) is 1.19. The number of hydrogen-bond donors (Lipinski definition) is 1. The highest BCUT2D eigenvalue weighted by molar-refractivity contribution is 6.46. The number of carbonyl (C=O) groups is 3. The predicted octanol–water partition coefficient (Wildman–Crippen LogP) is 2.01. The van der Waals surface area contributed by atoms with Crippen LogP contribution in [0.15, 0.2) is 54.1 Å². The van der Waals surface area contributed by atoms with Gasteiger partial charge in [0.05, 0.1) is 18.7 Å². The van der Waals surface area contributed by atoms with Crippen LogP contribution < -0.4 is 9.47 Å². The van der Waals surface area contributed by atoms with Gasteiger partial charge in [-0.1, -0.05) is 36.4 Å². The standard InChI is InChI=1S/C21H17NO7/c1-27-16(23)10-22-18(13-7-8-14-15(9-13)29-11-28-14)17(20(25)21(22)26)19(24)12-5-3-2-4-6-12/h2-9,18,24H,10-11H2,1H3/b19-17-. The predicted molar refractivity (Wildman–Crippen MR) is 100 cm³/mol. The van der Waals surface area contributed by atoms with Crippen LogP contribution >= 0.6 is 0 Å². The third-order valence-electron chi connectivity index (χ3n) is 4.83. The quantitative estimate of drug-likeness (QED) is 0.366. The summed E-state index contributed by atoms with van der Waals surface area (Å²) in [4.78, 5) is 38.5. The van der Waals surface area contributed by atoms with E-state index >= 15 is 0 Å². The third-order valence-corrected chi connectivity index (χ3v) is 4.83. The molecule has 0 aliphatic carbocycles. The molecule has 1 saturated heterocycles. The molecule has 8 nitrogen and oxygen atoms in total. The van der Waals surface area contributed by atoms with Crippen molar-refractivity contribution in [3.05, 3.63) is 65.2 Å². The molecule has 1 unspecified atom stereocenters. The molecule has 148 valence electrons. The number of ether oxygens (including phenoxy) is 3. The minimum Gasteiger partial charge on any atom is -0.507 e.